The zero-order chi connectivity index (χ0) is 22.7. The Morgan fingerprint density at radius 1 is 1.48 bits per heavy atom. The quantitative estimate of drug-likeness (QED) is 0.182. The van der Waals surface area contributed by atoms with Gasteiger partial charge in [-0.05, 0) is 44.9 Å². The summed E-state index contributed by atoms with van der Waals surface area (Å²) in [5.41, 5.74) is 5.82. The first-order valence-corrected chi connectivity index (χ1v) is 11.8. The molecule has 0 spiro atoms. The molecule has 2 aliphatic heterocycles. The van der Waals surface area contributed by atoms with Gasteiger partial charge in [-0.15, -0.1) is 11.8 Å². The Hall–Kier alpha value is -2.17. The number of nitrogens with one attached hydrogen (secondary N) is 1. The molecule has 3 heterocycles. The fraction of sp³-hybridized carbons (Fsp3) is 0.333. The van der Waals surface area contributed by atoms with Crippen molar-refractivity contribution < 1.29 is 29.1 Å². The van der Waals surface area contributed by atoms with Crippen LogP contribution in [-0.2, 0) is 19.2 Å². The van der Waals surface area contributed by atoms with Gasteiger partial charge < -0.3 is 25.7 Å². The van der Waals surface area contributed by atoms with Gasteiger partial charge in [-0.25, -0.2) is 4.79 Å². The molecule has 2 aliphatic rings. The van der Waals surface area contributed by atoms with Crippen molar-refractivity contribution in [2.24, 2.45) is 5.16 Å². The molecule has 0 radical (unpaired) electrons. The second-order valence-electron chi connectivity index (χ2n) is 5.81. The van der Waals surface area contributed by atoms with E-state index in [2.05, 4.69) is 51.7 Å². The number of rotatable bonds is 7. The van der Waals surface area contributed by atoms with Crippen LogP contribution in [0.1, 0.15) is 12.7 Å². The summed E-state index contributed by atoms with van der Waals surface area (Å²) in [5, 5.41) is 14.9. The number of hydrogen-bond donors (Lipinski definition) is 3. The van der Waals surface area contributed by atoms with Crippen LogP contribution in [0.2, 0.25) is 0 Å². The van der Waals surface area contributed by atoms with Crippen LogP contribution in [0.5, 0.6) is 0 Å². The van der Waals surface area contributed by atoms with Crippen molar-refractivity contribution in [1.82, 2.24) is 19.6 Å². The molecule has 12 nitrogen and oxygen atoms in total. The number of β-lactam (4-membered cyclic amide) rings is 1. The van der Waals surface area contributed by atoms with Gasteiger partial charge in [0.15, 0.2) is 5.13 Å². The van der Waals surface area contributed by atoms with Gasteiger partial charge in [0.2, 0.25) is 17.4 Å². The van der Waals surface area contributed by atoms with Crippen molar-refractivity contribution in [2.45, 2.75) is 18.3 Å². The number of hydrogen-bond acceptors (Lipinski definition) is 11. The van der Waals surface area contributed by atoms with Crippen LogP contribution in [0.4, 0.5) is 9.93 Å². The van der Waals surface area contributed by atoms with Gasteiger partial charge in [-0.3, -0.25) is 14.5 Å². The standard InChI is InChI=1S/C15H14Br2N6O6S2/c1-2-28-21-7(9-20-14(18)31-22-9)10(24)19-8-11(25)23-12(29-15(26)27)5(3-6(16)17)4-30-13(8)23/h3,8,13H,2,4H2,1H3,(H,19,24)(H,26,27)(H2,18,20,22)/t8?,13-/m0/s1. The van der Waals surface area contributed by atoms with Crippen molar-refractivity contribution in [3.05, 3.63) is 26.7 Å². The predicted molar refractivity (Wildman–Crippen MR) is 120 cm³/mol. The van der Waals surface area contributed by atoms with E-state index in [9.17, 15) is 14.4 Å². The molecule has 1 fully saturated rings. The minimum atomic E-state index is -1.56. The second-order valence-corrected chi connectivity index (χ2v) is 10.5. The molecular weight excluding hydrogens is 584 g/mol. The number of carbonyl (C=O) groups is 3. The fourth-order valence-electron chi connectivity index (χ4n) is 2.66. The molecule has 1 unspecified atom stereocenters. The molecule has 2 amide bonds. The topological polar surface area (TPSA) is 169 Å². The van der Waals surface area contributed by atoms with E-state index in [-0.39, 0.29) is 29.2 Å². The van der Waals surface area contributed by atoms with E-state index in [1.54, 1.807) is 13.0 Å². The highest BCUT2D eigenvalue weighted by molar-refractivity contribution is 9.28. The molecular formula is C15H14Br2N6O6S2. The van der Waals surface area contributed by atoms with E-state index in [1.807, 2.05) is 0 Å². The molecule has 0 aliphatic carbocycles. The molecule has 0 saturated carbocycles. The summed E-state index contributed by atoms with van der Waals surface area (Å²) in [5.74, 6) is -1.07. The molecule has 1 aromatic heterocycles. The van der Waals surface area contributed by atoms with Crippen molar-refractivity contribution in [3.63, 3.8) is 0 Å². The number of amides is 2. The first-order chi connectivity index (χ1) is 14.7. The Kier molecular flexibility index (Phi) is 7.55. The number of fused-ring (bicyclic) bond motifs is 1. The van der Waals surface area contributed by atoms with Gasteiger partial charge in [0, 0.05) is 22.9 Å². The lowest BCUT2D eigenvalue weighted by atomic mass is 10.1. The molecule has 4 N–H and O–H groups in total. The van der Waals surface area contributed by atoms with E-state index in [0.717, 1.165) is 11.5 Å². The van der Waals surface area contributed by atoms with E-state index in [4.69, 9.17) is 20.4 Å². The number of halogens is 2. The number of carbonyl (C=O) groups excluding carboxylic acids is 2. The highest BCUT2D eigenvalue weighted by Gasteiger charge is 2.54. The molecule has 0 bridgehead atoms. The number of thioether (sulfide) groups is 1. The molecule has 1 saturated heterocycles. The van der Waals surface area contributed by atoms with Crippen molar-refractivity contribution in [2.75, 3.05) is 18.1 Å². The summed E-state index contributed by atoms with van der Waals surface area (Å²) in [6, 6.07) is -0.939. The zero-order valence-electron chi connectivity index (χ0n) is 15.6. The Balaban J connectivity index is 1.81. The minimum absolute atomic E-state index is 0.0298. The summed E-state index contributed by atoms with van der Waals surface area (Å²) in [4.78, 5) is 46.7. The molecule has 1 aromatic rings. The highest BCUT2D eigenvalue weighted by atomic mass is 79.9. The molecule has 16 heteroatoms. The van der Waals surface area contributed by atoms with Crippen LogP contribution in [0.3, 0.4) is 0 Å². The van der Waals surface area contributed by atoms with E-state index in [1.165, 1.54) is 16.7 Å². The monoisotopic (exact) mass is 596 g/mol. The molecule has 0 aromatic carbocycles. The van der Waals surface area contributed by atoms with Gasteiger partial charge in [0.1, 0.15) is 18.0 Å². The summed E-state index contributed by atoms with van der Waals surface area (Å²) >= 11 is 8.62. The fourth-order valence-corrected chi connectivity index (χ4v) is 4.93. The lowest BCUT2D eigenvalue weighted by Crippen LogP contribution is -2.70. The maximum absolute atomic E-state index is 12.8. The molecule has 3 rings (SSSR count). The number of nitrogen functional groups attached to an aromatic ring is 1. The summed E-state index contributed by atoms with van der Waals surface area (Å²) < 4.78 is 9.34. The third-order valence-corrected chi connectivity index (χ3v) is 6.16. The predicted octanol–water partition coefficient (Wildman–Crippen LogP) is 1.80. The Morgan fingerprint density at radius 2 is 2.23 bits per heavy atom. The first kappa shape index (κ1) is 23.5. The third-order valence-electron chi connectivity index (χ3n) is 3.85. The lowest BCUT2D eigenvalue weighted by molar-refractivity contribution is -0.148. The van der Waals surface area contributed by atoms with Crippen molar-refractivity contribution in [3.8, 4) is 0 Å². The Bertz CT molecular complexity index is 1010. The number of ether oxygens (including phenoxy) is 1. The van der Waals surface area contributed by atoms with Gasteiger partial charge in [0.05, 0.1) is 3.39 Å². The average Bonchev–Trinajstić information content (AvgIpc) is 3.12. The zero-order valence-corrected chi connectivity index (χ0v) is 20.4. The Labute approximate surface area is 200 Å². The number of anilines is 1. The third kappa shape index (κ3) is 5.19. The number of oxime groups is 1. The number of carboxylic acid groups (broad SMARTS) is 1. The summed E-state index contributed by atoms with van der Waals surface area (Å²) in [7, 11) is 0. The van der Waals surface area contributed by atoms with E-state index < -0.39 is 29.4 Å². The number of aromatic nitrogens is 2. The van der Waals surface area contributed by atoms with Gasteiger partial charge in [-0.2, -0.15) is 9.36 Å². The number of nitrogens with zero attached hydrogens (tertiary/aromatic N) is 4. The van der Waals surface area contributed by atoms with Crippen LogP contribution in [0, 0.1) is 0 Å². The first-order valence-electron chi connectivity index (χ1n) is 8.44. The second kappa shape index (κ2) is 9.97. The maximum atomic E-state index is 12.8. The normalized spacial score (nSPS) is 20.5. The minimum Gasteiger partial charge on any atom is -0.449 e. The smallest absolute Gasteiger partial charge is 0.449 e. The molecule has 31 heavy (non-hydrogen) atoms. The number of allylic oxidation sites excluding steroid dienone is 1. The van der Waals surface area contributed by atoms with E-state index >= 15 is 0 Å². The number of nitrogens with two attached hydrogens (primary N) is 1. The summed E-state index contributed by atoms with van der Waals surface area (Å²) in [6.07, 6.45) is 0.0297. The van der Waals surface area contributed by atoms with Crippen LogP contribution in [0.25, 0.3) is 0 Å². The SMILES string of the molecule is CCON=C(C(=O)NC1C(=O)N2C(OC(=O)O)=C(C=C(Br)Br)CS[C@@H]12)c1nsc(N)n1. The highest BCUT2D eigenvalue weighted by Crippen LogP contribution is 2.41. The molecule has 166 valence electrons. The van der Waals surface area contributed by atoms with Crippen LogP contribution < -0.4 is 11.1 Å². The molecule has 2 atom stereocenters. The maximum Gasteiger partial charge on any atom is 0.512 e. The Morgan fingerprint density at radius 3 is 2.81 bits per heavy atom. The van der Waals surface area contributed by atoms with Gasteiger partial charge in [-0.1, -0.05) is 5.16 Å². The van der Waals surface area contributed by atoms with Crippen molar-refractivity contribution in [1.29, 1.82) is 0 Å². The largest absolute Gasteiger partial charge is 0.512 e. The van der Waals surface area contributed by atoms with Crippen molar-refractivity contribution >= 4 is 84.0 Å². The summed E-state index contributed by atoms with van der Waals surface area (Å²) in [6.45, 7) is 1.88. The lowest BCUT2D eigenvalue weighted by Gasteiger charge is -2.48. The van der Waals surface area contributed by atoms with Crippen LogP contribution in [-0.4, -0.2) is 66.8 Å². The van der Waals surface area contributed by atoms with Crippen LogP contribution >= 0.6 is 55.2 Å². The van der Waals surface area contributed by atoms with Crippen LogP contribution in [0.15, 0.2) is 26.1 Å². The van der Waals surface area contributed by atoms with Gasteiger partial charge in [0.25, 0.3) is 11.8 Å². The van der Waals surface area contributed by atoms with E-state index in [0.29, 0.717) is 14.7 Å². The van der Waals surface area contributed by atoms with Gasteiger partial charge >= 0.3 is 6.16 Å². The average molecular weight is 598 g/mol.